The van der Waals surface area contributed by atoms with E-state index in [0.717, 1.165) is 0 Å². The number of benzene rings is 2. The molecule has 5 rings (SSSR count). The maximum atomic E-state index is 13.6. The van der Waals surface area contributed by atoms with E-state index in [1.165, 1.54) is 18.2 Å². The second-order valence-corrected chi connectivity index (χ2v) is 9.10. The Labute approximate surface area is 208 Å². The first-order valence-corrected chi connectivity index (χ1v) is 12.1. The molecule has 1 N–H and O–H groups in total. The molecule has 0 saturated carbocycles. The first-order valence-electron chi connectivity index (χ1n) is 12.1. The number of carbonyl (C=O) groups is 3. The van der Waals surface area contributed by atoms with Gasteiger partial charge in [0.1, 0.15) is 11.9 Å². The SMILES string of the molecule is O=C(N[C@H](C(=O)N1CCOCC1)C1CCN(C(=O)c2cccc(F)c2)CC1)c1ccc2c(c1)OCO2. The zero-order valence-electron chi connectivity index (χ0n) is 19.8. The summed E-state index contributed by atoms with van der Waals surface area (Å²) in [6, 6.07) is 9.80. The molecule has 3 amide bonds. The van der Waals surface area contributed by atoms with Crippen molar-refractivity contribution in [3.63, 3.8) is 0 Å². The van der Waals surface area contributed by atoms with Crippen LogP contribution in [0.5, 0.6) is 11.5 Å². The number of nitrogens with zero attached hydrogens (tertiary/aromatic N) is 2. The zero-order valence-corrected chi connectivity index (χ0v) is 19.8. The number of carbonyl (C=O) groups excluding carboxylic acids is 3. The number of fused-ring (bicyclic) bond motifs is 1. The Kier molecular flexibility index (Phi) is 7.04. The lowest BCUT2D eigenvalue weighted by Gasteiger charge is -2.38. The Morgan fingerprint density at radius 2 is 1.64 bits per heavy atom. The summed E-state index contributed by atoms with van der Waals surface area (Å²) in [7, 11) is 0. The first-order chi connectivity index (χ1) is 17.5. The molecule has 0 radical (unpaired) electrons. The van der Waals surface area contributed by atoms with Gasteiger partial charge in [-0.3, -0.25) is 14.4 Å². The average Bonchev–Trinajstić information content (AvgIpc) is 3.39. The highest BCUT2D eigenvalue weighted by Crippen LogP contribution is 2.32. The highest BCUT2D eigenvalue weighted by molar-refractivity contribution is 5.98. The van der Waals surface area contributed by atoms with Crippen LogP contribution in [0.1, 0.15) is 33.6 Å². The second kappa shape index (κ2) is 10.5. The van der Waals surface area contributed by atoms with E-state index < -0.39 is 11.9 Å². The van der Waals surface area contributed by atoms with Gasteiger partial charge in [0.05, 0.1) is 13.2 Å². The normalized spacial score (nSPS) is 18.6. The Balaban J connectivity index is 1.29. The summed E-state index contributed by atoms with van der Waals surface area (Å²) < 4.78 is 29.7. The molecule has 3 aliphatic rings. The molecule has 3 heterocycles. The highest BCUT2D eigenvalue weighted by atomic mass is 19.1. The number of piperidine rings is 1. The lowest BCUT2D eigenvalue weighted by Crippen LogP contribution is -2.56. The van der Waals surface area contributed by atoms with Crippen molar-refractivity contribution < 1.29 is 33.0 Å². The summed E-state index contributed by atoms with van der Waals surface area (Å²) in [6.07, 6.45) is 1.06. The van der Waals surface area contributed by atoms with Gasteiger partial charge in [0.15, 0.2) is 11.5 Å². The monoisotopic (exact) mass is 497 g/mol. The molecule has 3 aliphatic heterocycles. The van der Waals surface area contributed by atoms with Crippen LogP contribution in [-0.4, -0.2) is 79.7 Å². The van der Waals surface area contributed by atoms with Crippen molar-refractivity contribution in [2.45, 2.75) is 18.9 Å². The van der Waals surface area contributed by atoms with Gasteiger partial charge in [-0.15, -0.1) is 0 Å². The largest absolute Gasteiger partial charge is 0.454 e. The van der Waals surface area contributed by atoms with E-state index in [-0.39, 0.29) is 30.4 Å². The van der Waals surface area contributed by atoms with Gasteiger partial charge in [0, 0.05) is 37.3 Å². The Morgan fingerprint density at radius 3 is 2.39 bits per heavy atom. The lowest BCUT2D eigenvalue weighted by atomic mass is 9.87. The predicted molar refractivity (Wildman–Crippen MR) is 126 cm³/mol. The fourth-order valence-electron chi connectivity index (χ4n) is 4.86. The van der Waals surface area contributed by atoms with Crippen LogP contribution in [0.4, 0.5) is 4.39 Å². The molecule has 0 unspecified atom stereocenters. The standard InChI is InChI=1S/C26H28FN3O6/c27-20-3-1-2-19(14-20)25(32)29-8-6-17(7-9-29)23(26(33)30-10-12-34-13-11-30)28-24(31)18-4-5-21-22(15-18)36-16-35-21/h1-5,14-15,17,23H,6-13,16H2,(H,28,31)/t23-/m0/s1. The molecule has 36 heavy (non-hydrogen) atoms. The summed E-state index contributed by atoms with van der Waals surface area (Å²) in [5, 5.41) is 2.95. The summed E-state index contributed by atoms with van der Waals surface area (Å²) in [5.74, 6) is -0.326. The molecular formula is C26H28FN3O6. The maximum absolute atomic E-state index is 13.6. The number of amides is 3. The maximum Gasteiger partial charge on any atom is 0.253 e. The average molecular weight is 498 g/mol. The number of hydrogen-bond acceptors (Lipinski definition) is 6. The van der Waals surface area contributed by atoms with E-state index in [1.807, 2.05) is 0 Å². The topological polar surface area (TPSA) is 97.4 Å². The van der Waals surface area contributed by atoms with Gasteiger partial charge >= 0.3 is 0 Å². The van der Waals surface area contributed by atoms with E-state index in [2.05, 4.69) is 5.32 Å². The molecular weight excluding hydrogens is 469 g/mol. The quantitative estimate of drug-likeness (QED) is 0.680. The van der Waals surface area contributed by atoms with Gasteiger partial charge in [0.2, 0.25) is 12.7 Å². The van der Waals surface area contributed by atoms with Crippen LogP contribution in [0, 0.1) is 11.7 Å². The van der Waals surface area contributed by atoms with Crippen LogP contribution in [0.25, 0.3) is 0 Å². The third kappa shape index (κ3) is 5.13. The van der Waals surface area contributed by atoms with Crippen molar-refractivity contribution in [3.05, 3.63) is 59.4 Å². The number of rotatable bonds is 5. The van der Waals surface area contributed by atoms with Crippen LogP contribution >= 0.6 is 0 Å². The fourth-order valence-corrected chi connectivity index (χ4v) is 4.86. The number of nitrogens with one attached hydrogen (secondary N) is 1. The smallest absolute Gasteiger partial charge is 0.253 e. The van der Waals surface area contributed by atoms with Gasteiger partial charge in [0.25, 0.3) is 11.8 Å². The van der Waals surface area contributed by atoms with Crippen molar-refractivity contribution in [1.29, 1.82) is 0 Å². The van der Waals surface area contributed by atoms with Crippen molar-refractivity contribution in [1.82, 2.24) is 15.1 Å². The van der Waals surface area contributed by atoms with E-state index in [9.17, 15) is 18.8 Å². The predicted octanol–water partition coefficient (Wildman–Crippen LogP) is 2.06. The third-order valence-corrected chi connectivity index (χ3v) is 6.88. The number of likely N-dealkylation sites (tertiary alicyclic amines) is 1. The van der Waals surface area contributed by atoms with Crippen LogP contribution in [0.15, 0.2) is 42.5 Å². The second-order valence-electron chi connectivity index (χ2n) is 9.10. The molecule has 1 atom stereocenters. The summed E-state index contributed by atoms with van der Waals surface area (Å²) in [6.45, 7) is 2.76. The van der Waals surface area contributed by atoms with Crippen molar-refractivity contribution in [2.75, 3.05) is 46.2 Å². The Bertz CT molecular complexity index is 1140. The Hall–Kier alpha value is -3.66. The summed E-state index contributed by atoms with van der Waals surface area (Å²) in [4.78, 5) is 42.9. The van der Waals surface area contributed by atoms with Crippen molar-refractivity contribution in [2.24, 2.45) is 5.92 Å². The molecule has 0 aliphatic carbocycles. The van der Waals surface area contributed by atoms with E-state index in [1.54, 1.807) is 34.1 Å². The summed E-state index contributed by atoms with van der Waals surface area (Å²) >= 11 is 0. The minimum absolute atomic E-state index is 0.103. The lowest BCUT2D eigenvalue weighted by molar-refractivity contribution is -0.139. The van der Waals surface area contributed by atoms with E-state index in [4.69, 9.17) is 14.2 Å². The van der Waals surface area contributed by atoms with Crippen LogP contribution < -0.4 is 14.8 Å². The molecule has 2 saturated heterocycles. The molecule has 10 heteroatoms. The highest BCUT2D eigenvalue weighted by Gasteiger charge is 2.37. The third-order valence-electron chi connectivity index (χ3n) is 6.88. The number of ether oxygens (including phenoxy) is 3. The van der Waals surface area contributed by atoms with Gasteiger partial charge in [-0.25, -0.2) is 4.39 Å². The fraction of sp³-hybridized carbons (Fsp3) is 0.423. The van der Waals surface area contributed by atoms with Gasteiger partial charge < -0.3 is 29.3 Å². The number of hydrogen-bond donors (Lipinski definition) is 1. The van der Waals surface area contributed by atoms with Crippen LogP contribution in [0.3, 0.4) is 0 Å². The molecule has 2 aromatic carbocycles. The van der Waals surface area contributed by atoms with Crippen LogP contribution in [0.2, 0.25) is 0 Å². The van der Waals surface area contributed by atoms with Crippen molar-refractivity contribution in [3.8, 4) is 11.5 Å². The van der Waals surface area contributed by atoms with E-state index in [0.29, 0.717) is 74.9 Å². The number of morpholine rings is 1. The Morgan fingerprint density at radius 1 is 0.889 bits per heavy atom. The number of halogens is 1. The van der Waals surface area contributed by atoms with Crippen molar-refractivity contribution >= 4 is 17.7 Å². The minimum atomic E-state index is -0.743. The first kappa shape index (κ1) is 24.1. The molecule has 0 bridgehead atoms. The molecule has 2 fully saturated rings. The van der Waals surface area contributed by atoms with E-state index >= 15 is 0 Å². The minimum Gasteiger partial charge on any atom is -0.454 e. The zero-order chi connectivity index (χ0) is 25.1. The van der Waals surface area contributed by atoms with Gasteiger partial charge in [-0.2, -0.15) is 0 Å². The molecule has 0 aromatic heterocycles. The van der Waals surface area contributed by atoms with Gasteiger partial charge in [-0.1, -0.05) is 6.07 Å². The molecule has 2 aromatic rings. The van der Waals surface area contributed by atoms with Gasteiger partial charge in [-0.05, 0) is 55.2 Å². The molecule has 190 valence electrons. The van der Waals surface area contributed by atoms with Crippen LogP contribution in [-0.2, 0) is 9.53 Å². The summed E-state index contributed by atoms with van der Waals surface area (Å²) in [5.41, 5.74) is 0.670. The molecule has 0 spiro atoms. The molecule has 9 nitrogen and oxygen atoms in total.